The molecule has 0 fully saturated rings. The van der Waals surface area contributed by atoms with Gasteiger partial charge in [0.25, 0.3) is 5.91 Å². The Labute approximate surface area is 100 Å². The van der Waals surface area contributed by atoms with Crippen LogP contribution in [0.2, 0.25) is 0 Å². The van der Waals surface area contributed by atoms with Crippen molar-refractivity contribution in [2.24, 2.45) is 0 Å². The molecule has 1 N–H and O–H groups in total. The molecule has 1 amide bonds. The highest BCUT2D eigenvalue weighted by Gasteiger charge is 2.26. The number of nitrogens with one attached hydrogen (secondary N) is 1. The molecular weight excluding hydrogens is 224 g/mol. The van der Waals surface area contributed by atoms with Crippen molar-refractivity contribution < 1.29 is 9.53 Å². The fourth-order valence-corrected chi connectivity index (χ4v) is 1.86. The first-order valence-corrected chi connectivity index (χ1v) is 6.08. The van der Waals surface area contributed by atoms with Crippen LogP contribution in [0.3, 0.4) is 0 Å². The molecule has 0 bridgehead atoms. The van der Waals surface area contributed by atoms with Gasteiger partial charge in [0, 0.05) is 18.2 Å². The Morgan fingerprint density at radius 2 is 2.31 bits per heavy atom. The zero-order valence-electron chi connectivity index (χ0n) is 10.2. The summed E-state index contributed by atoms with van der Waals surface area (Å²) in [4.78, 5) is 17.1. The van der Waals surface area contributed by atoms with Crippen LogP contribution in [0.1, 0.15) is 30.7 Å². The third-order valence-corrected chi connectivity index (χ3v) is 3.55. The Morgan fingerprint density at radius 3 is 2.81 bits per heavy atom. The van der Waals surface area contributed by atoms with E-state index in [4.69, 9.17) is 4.74 Å². The summed E-state index contributed by atoms with van der Waals surface area (Å²) in [6.07, 6.45) is 2.84. The third-order valence-electron chi connectivity index (χ3n) is 2.41. The van der Waals surface area contributed by atoms with Crippen molar-refractivity contribution in [1.29, 1.82) is 0 Å². The van der Waals surface area contributed by atoms with E-state index in [0.29, 0.717) is 6.54 Å². The van der Waals surface area contributed by atoms with Crippen molar-refractivity contribution in [2.75, 3.05) is 7.11 Å². The predicted molar refractivity (Wildman–Crippen MR) is 64.4 cm³/mol. The first-order valence-electron chi connectivity index (χ1n) is 5.26. The van der Waals surface area contributed by atoms with Gasteiger partial charge in [-0.05, 0) is 20.3 Å². The molecule has 0 spiro atoms. The van der Waals surface area contributed by atoms with Gasteiger partial charge in [-0.1, -0.05) is 6.92 Å². The number of carbonyl (C=O) groups excluding carboxylic acids is 1. The standard InChI is InChI=1S/C11H18N2O2S/c1-5-8-6-12-9(16-8)7-13-10(14)11(2,3)15-4/h6H,5,7H2,1-4H3,(H,13,14). The lowest BCUT2D eigenvalue weighted by Gasteiger charge is -2.21. The number of hydrogen-bond acceptors (Lipinski definition) is 4. The van der Waals surface area contributed by atoms with Crippen LogP contribution >= 0.6 is 11.3 Å². The second-order valence-corrected chi connectivity index (χ2v) is 5.17. The third kappa shape index (κ3) is 3.28. The van der Waals surface area contributed by atoms with E-state index in [1.54, 1.807) is 25.2 Å². The Bertz CT molecular complexity index is 361. The van der Waals surface area contributed by atoms with E-state index < -0.39 is 5.60 Å². The number of nitrogens with zero attached hydrogens (tertiary/aromatic N) is 1. The topological polar surface area (TPSA) is 51.2 Å². The molecule has 0 unspecified atom stereocenters. The molecule has 0 aliphatic rings. The van der Waals surface area contributed by atoms with Gasteiger partial charge < -0.3 is 10.1 Å². The molecule has 1 aromatic rings. The van der Waals surface area contributed by atoms with E-state index in [9.17, 15) is 4.79 Å². The second kappa shape index (κ2) is 5.41. The summed E-state index contributed by atoms with van der Waals surface area (Å²) in [7, 11) is 1.53. The van der Waals surface area contributed by atoms with E-state index in [0.717, 1.165) is 11.4 Å². The Kier molecular flexibility index (Phi) is 4.44. The minimum atomic E-state index is -0.787. The lowest BCUT2D eigenvalue weighted by molar-refractivity contribution is -0.139. The first kappa shape index (κ1) is 13.1. The van der Waals surface area contributed by atoms with Gasteiger partial charge in [-0.25, -0.2) is 4.98 Å². The van der Waals surface area contributed by atoms with Gasteiger partial charge in [-0.3, -0.25) is 4.79 Å². The molecule has 4 nitrogen and oxygen atoms in total. The zero-order chi connectivity index (χ0) is 12.2. The molecule has 1 heterocycles. The summed E-state index contributed by atoms with van der Waals surface area (Å²) in [6, 6.07) is 0. The second-order valence-electron chi connectivity index (χ2n) is 3.97. The van der Waals surface area contributed by atoms with Gasteiger partial charge in [-0.2, -0.15) is 0 Å². The van der Waals surface area contributed by atoms with Crippen molar-refractivity contribution in [1.82, 2.24) is 10.3 Å². The highest BCUT2D eigenvalue weighted by Crippen LogP contribution is 2.13. The molecule has 0 atom stereocenters. The van der Waals surface area contributed by atoms with Crippen LogP contribution in [-0.2, 0) is 22.5 Å². The van der Waals surface area contributed by atoms with Crippen molar-refractivity contribution in [3.63, 3.8) is 0 Å². The van der Waals surface area contributed by atoms with Crippen molar-refractivity contribution in [3.05, 3.63) is 16.1 Å². The molecular formula is C11H18N2O2S. The van der Waals surface area contributed by atoms with E-state index >= 15 is 0 Å². The highest BCUT2D eigenvalue weighted by molar-refractivity contribution is 7.11. The highest BCUT2D eigenvalue weighted by atomic mass is 32.1. The van der Waals surface area contributed by atoms with E-state index in [-0.39, 0.29) is 5.91 Å². The predicted octanol–water partition coefficient (Wildman–Crippen LogP) is 1.75. The van der Waals surface area contributed by atoms with Crippen LogP contribution in [0.5, 0.6) is 0 Å². The number of methoxy groups -OCH3 is 1. The van der Waals surface area contributed by atoms with Crippen molar-refractivity contribution >= 4 is 17.2 Å². The van der Waals surface area contributed by atoms with Crippen LogP contribution in [0.4, 0.5) is 0 Å². The Hall–Kier alpha value is -0.940. The monoisotopic (exact) mass is 242 g/mol. The SMILES string of the molecule is CCc1cnc(CNC(=O)C(C)(C)OC)s1. The normalized spacial score (nSPS) is 11.5. The molecule has 0 radical (unpaired) electrons. The van der Waals surface area contributed by atoms with Gasteiger partial charge >= 0.3 is 0 Å². The van der Waals surface area contributed by atoms with Crippen molar-refractivity contribution in [3.8, 4) is 0 Å². The van der Waals surface area contributed by atoms with Crippen molar-refractivity contribution in [2.45, 2.75) is 39.3 Å². The lowest BCUT2D eigenvalue weighted by Crippen LogP contribution is -2.43. The molecule has 16 heavy (non-hydrogen) atoms. The molecule has 0 saturated carbocycles. The summed E-state index contributed by atoms with van der Waals surface area (Å²) in [5.41, 5.74) is -0.787. The number of rotatable bonds is 5. The minimum absolute atomic E-state index is 0.122. The molecule has 0 aromatic carbocycles. The number of ether oxygens (including phenoxy) is 1. The van der Waals surface area contributed by atoms with Gasteiger partial charge in [-0.15, -0.1) is 11.3 Å². The summed E-state index contributed by atoms with van der Waals surface area (Å²) in [6.45, 7) is 6.03. The number of aromatic nitrogens is 1. The molecule has 1 rings (SSSR count). The first-order chi connectivity index (χ1) is 7.49. The fourth-order valence-electron chi connectivity index (χ4n) is 1.05. The maximum absolute atomic E-state index is 11.7. The quantitative estimate of drug-likeness (QED) is 0.855. The molecule has 0 aliphatic heterocycles. The molecule has 0 aliphatic carbocycles. The summed E-state index contributed by atoms with van der Waals surface area (Å²) < 4.78 is 5.09. The van der Waals surface area contributed by atoms with Crippen LogP contribution in [0.25, 0.3) is 0 Å². The van der Waals surface area contributed by atoms with Gasteiger partial charge in [0.05, 0.1) is 6.54 Å². The average Bonchev–Trinajstić information content (AvgIpc) is 2.73. The number of aryl methyl sites for hydroxylation is 1. The van der Waals surface area contributed by atoms with Crippen LogP contribution < -0.4 is 5.32 Å². The molecule has 0 saturated heterocycles. The smallest absolute Gasteiger partial charge is 0.252 e. The number of amides is 1. The summed E-state index contributed by atoms with van der Waals surface area (Å²) >= 11 is 1.63. The van der Waals surface area contributed by atoms with Gasteiger partial charge in [0.2, 0.25) is 0 Å². The largest absolute Gasteiger partial charge is 0.369 e. The maximum atomic E-state index is 11.7. The van der Waals surface area contributed by atoms with E-state index in [2.05, 4.69) is 17.2 Å². The molecule has 1 aromatic heterocycles. The number of carbonyl (C=O) groups is 1. The summed E-state index contributed by atoms with van der Waals surface area (Å²) in [5, 5.41) is 3.74. The molecule has 90 valence electrons. The Morgan fingerprint density at radius 1 is 1.62 bits per heavy atom. The van der Waals surface area contributed by atoms with Crippen LogP contribution in [0.15, 0.2) is 6.20 Å². The minimum Gasteiger partial charge on any atom is -0.369 e. The Balaban J connectivity index is 2.49. The molecule has 5 heteroatoms. The van der Waals surface area contributed by atoms with E-state index in [1.165, 1.54) is 12.0 Å². The van der Waals surface area contributed by atoms with Crippen LogP contribution in [0, 0.1) is 0 Å². The van der Waals surface area contributed by atoms with Crippen LogP contribution in [-0.4, -0.2) is 23.6 Å². The van der Waals surface area contributed by atoms with Gasteiger partial charge in [0.1, 0.15) is 10.6 Å². The summed E-state index contributed by atoms with van der Waals surface area (Å²) in [5.74, 6) is -0.122. The number of hydrogen-bond donors (Lipinski definition) is 1. The fraction of sp³-hybridized carbons (Fsp3) is 0.636. The zero-order valence-corrected chi connectivity index (χ0v) is 11.0. The number of thiazole rings is 1. The average molecular weight is 242 g/mol. The van der Waals surface area contributed by atoms with E-state index in [1.807, 2.05) is 6.20 Å². The maximum Gasteiger partial charge on any atom is 0.252 e. The van der Waals surface area contributed by atoms with Gasteiger partial charge in [0.15, 0.2) is 0 Å². The lowest BCUT2D eigenvalue weighted by atomic mass is 10.1.